The van der Waals surface area contributed by atoms with Crippen LogP contribution in [0.1, 0.15) is 24.4 Å². The Bertz CT molecular complexity index is 1540. The molecule has 5 rings (SSSR count). The lowest BCUT2D eigenvalue weighted by atomic mass is 10.0. The minimum absolute atomic E-state index is 0.172. The summed E-state index contributed by atoms with van der Waals surface area (Å²) in [7, 11) is 0. The largest absolute Gasteiger partial charge is 0.360 e. The molecule has 160 valence electrons. The fourth-order valence-electron chi connectivity index (χ4n) is 3.74. The number of pyridine rings is 1. The molecule has 2 N–H and O–H groups in total. The van der Waals surface area contributed by atoms with E-state index in [1.165, 1.54) is 23.1 Å². The average Bonchev–Trinajstić information content (AvgIpc) is 3.25. The number of hydrogen-bond acceptors (Lipinski definition) is 6. The lowest BCUT2D eigenvalue weighted by Gasteiger charge is -2.19. The molecule has 1 aromatic carbocycles. The summed E-state index contributed by atoms with van der Waals surface area (Å²) in [5, 5.41) is 3.23. The first-order valence-electron chi connectivity index (χ1n) is 9.82. The number of nitrogens with zero attached hydrogens (tertiary/aromatic N) is 5. The van der Waals surface area contributed by atoms with Gasteiger partial charge in [0.25, 0.3) is 5.56 Å². The van der Waals surface area contributed by atoms with Gasteiger partial charge in [-0.05, 0) is 43.7 Å². The van der Waals surface area contributed by atoms with Gasteiger partial charge in [-0.3, -0.25) is 9.20 Å². The highest BCUT2D eigenvalue weighted by molar-refractivity contribution is 5.82. The van der Waals surface area contributed by atoms with Gasteiger partial charge >= 0.3 is 0 Å². The zero-order valence-corrected chi connectivity index (χ0v) is 17.1. The van der Waals surface area contributed by atoms with E-state index in [9.17, 15) is 13.6 Å². The molecule has 1 unspecified atom stereocenters. The van der Waals surface area contributed by atoms with Crippen LogP contribution in [0.4, 0.5) is 14.6 Å². The number of benzene rings is 1. The number of fused-ring (bicyclic) bond motifs is 2. The molecule has 0 bridgehead atoms. The number of halogens is 2. The minimum atomic E-state index is -1.04. The van der Waals surface area contributed by atoms with Gasteiger partial charge in [0.1, 0.15) is 17.5 Å². The number of imidazole rings is 1. The summed E-state index contributed by atoms with van der Waals surface area (Å²) >= 11 is 0. The van der Waals surface area contributed by atoms with E-state index in [0.29, 0.717) is 34.0 Å². The van der Waals surface area contributed by atoms with Crippen LogP contribution >= 0.6 is 0 Å². The van der Waals surface area contributed by atoms with Crippen molar-refractivity contribution in [2.24, 2.45) is 0 Å². The van der Waals surface area contributed by atoms with E-state index >= 15 is 0 Å². The number of aromatic amines is 1. The summed E-state index contributed by atoms with van der Waals surface area (Å²) in [6.07, 6.45) is 2.88. The van der Waals surface area contributed by atoms with Crippen LogP contribution in [-0.2, 0) is 0 Å². The number of anilines is 1. The van der Waals surface area contributed by atoms with Gasteiger partial charge < -0.3 is 10.3 Å². The van der Waals surface area contributed by atoms with Crippen molar-refractivity contribution < 1.29 is 8.78 Å². The summed E-state index contributed by atoms with van der Waals surface area (Å²) in [6, 6.07) is 8.16. The molecule has 5 aromatic rings. The first-order chi connectivity index (χ1) is 15.4. The predicted octanol–water partition coefficient (Wildman–Crippen LogP) is 3.79. The van der Waals surface area contributed by atoms with Gasteiger partial charge in [0.15, 0.2) is 23.1 Å². The number of aromatic nitrogens is 6. The Morgan fingerprint density at radius 2 is 1.94 bits per heavy atom. The molecule has 8 nitrogen and oxygen atoms in total. The molecular weight excluding hydrogens is 416 g/mol. The molecule has 0 saturated heterocycles. The Labute approximate surface area is 180 Å². The quantitative estimate of drug-likeness (QED) is 0.447. The maximum Gasteiger partial charge on any atom is 0.266 e. The van der Waals surface area contributed by atoms with Crippen LogP contribution in [0.2, 0.25) is 0 Å². The molecule has 10 heteroatoms. The third-order valence-corrected chi connectivity index (χ3v) is 5.27. The maximum atomic E-state index is 14.1. The molecule has 0 amide bonds. The molecule has 4 aromatic heterocycles. The van der Waals surface area contributed by atoms with Gasteiger partial charge in [0.2, 0.25) is 0 Å². The molecule has 0 fully saturated rings. The highest BCUT2D eigenvalue weighted by atomic mass is 19.2. The van der Waals surface area contributed by atoms with Gasteiger partial charge in [0, 0.05) is 5.69 Å². The molecule has 0 aliphatic rings. The average molecular weight is 433 g/mol. The van der Waals surface area contributed by atoms with Crippen LogP contribution in [0.3, 0.4) is 0 Å². The van der Waals surface area contributed by atoms with Crippen molar-refractivity contribution in [3.8, 4) is 11.1 Å². The van der Waals surface area contributed by atoms with Crippen LogP contribution in [0.15, 0.2) is 53.8 Å². The van der Waals surface area contributed by atoms with Gasteiger partial charge in [-0.15, -0.1) is 0 Å². The van der Waals surface area contributed by atoms with E-state index in [1.54, 1.807) is 25.1 Å². The standard InChI is InChI=1S/C22H17F2N7O/c1-11-4-3-5-16-30-18(12(2)29-21-19-20(26-9-25-19)27-10-28-21)17(22(32)31(11)16)13-6-7-14(23)15(24)8-13/h3-10,12H,1-2H3,(H2,25,26,27,28,29). The Hall–Kier alpha value is -4.21. The number of rotatable bonds is 4. The lowest BCUT2D eigenvalue weighted by Crippen LogP contribution is -2.24. The van der Waals surface area contributed by atoms with E-state index in [2.05, 4.69) is 25.3 Å². The summed E-state index contributed by atoms with van der Waals surface area (Å²) in [5.74, 6) is -1.56. The van der Waals surface area contributed by atoms with Gasteiger partial charge in [0.05, 0.1) is 23.6 Å². The molecule has 0 spiro atoms. The smallest absolute Gasteiger partial charge is 0.266 e. The number of hydrogen-bond donors (Lipinski definition) is 2. The van der Waals surface area contributed by atoms with Gasteiger partial charge in [-0.2, -0.15) is 0 Å². The van der Waals surface area contributed by atoms with Gasteiger partial charge in [-0.25, -0.2) is 28.7 Å². The Kier molecular flexibility index (Phi) is 4.62. The Morgan fingerprint density at radius 3 is 2.75 bits per heavy atom. The number of nitrogens with one attached hydrogen (secondary N) is 2. The summed E-state index contributed by atoms with van der Waals surface area (Å²) in [4.78, 5) is 33.7. The first kappa shape index (κ1) is 19.7. The molecule has 0 saturated carbocycles. The maximum absolute atomic E-state index is 14.1. The van der Waals surface area contributed by atoms with E-state index < -0.39 is 17.7 Å². The fourth-order valence-corrected chi connectivity index (χ4v) is 3.74. The molecule has 1 atom stereocenters. The molecular formula is C22H17F2N7O. The predicted molar refractivity (Wildman–Crippen MR) is 115 cm³/mol. The third kappa shape index (κ3) is 3.16. The van der Waals surface area contributed by atoms with E-state index in [1.807, 2.05) is 6.92 Å². The van der Waals surface area contributed by atoms with Crippen LogP contribution in [0.5, 0.6) is 0 Å². The molecule has 0 radical (unpaired) electrons. The Morgan fingerprint density at radius 1 is 1.09 bits per heavy atom. The van der Waals surface area contributed by atoms with Crippen molar-refractivity contribution in [3.63, 3.8) is 0 Å². The van der Waals surface area contributed by atoms with Crippen molar-refractivity contribution in [1.29, 1.82) is 0 Å². The summed E-state index contributed by atoms with van der Waals surface area (Å²) < 4.78 is 29.1. The second kappa shape index (κ2) is 7.49. The fraction of sp³-hybridized carbons (Fsp3) is 0.136. The van der Waals surface area contributed by atoms with Crippen molar-refractivity contribution in [2.75, 3.05) is 5.32 Å². The van der Waals surface area contributed by atoms with Crippen LogP contribution in [-0.4, -0.2) is 29.3 Å². The van der Waals surface area contributed by atoms with Crippen LogP contribution in [0, 0.1) is 18.6 Å². The van der Waals surface area contributed by atoms with Crippen molar-refractivity contribution in [3.05, 3.63) is 82.4 Å². The second-order valence-corrected chi connectivity index (χ2v) is 7.36. The lowest BCUT2D eigenvalue weighted by molar-refractivity contribution is 0.509. The zero-order chi connectivity index (χ0) is 22.4. The minimum Gasteiger partial charge on any atom is -0.360 e. The number of H-pyrrole nitrogens is 1. The normalized spacial score (nSPS) is 12.4. The molecule has 0 aliphatic carbocycles. The SMILES string of the molecule is Cc1cccc2nc(C(C)Nc3ncnc4nc[nH]c34)c(-c3ccc(F)c(F)c3)c(=O)n12. The third-order valence-electron chi connectivity index (χ3n) is 5.27. The molecule has 32 heavy (non-hydrogen) atoms. The van der Waals surface area contributed by atoms with Crippen molar-refractivity contribution >= 4 is 22.6 Å². The van der Waals surface area contributed by atoms with E-state index in [0.717, 1.165) is 12.1 Å². The molecule has 0 aliphatic heterocycles. The monoisotopic (exact) mass is 433 g/mol. The number of aryl methyl sites for hydroxylation is 1. The molecule has 4 heterocycles. The second-order valence-electron chi connectivity index (χ2n) is 7.36. The summed E-state index contributed by atoms with van der Waals surface area (Å²) in [6.45, 7) is 3.59. The zero-order valence-electron chi connectivity index (χ0n) is 17.1. The first-order valence-corrected chi connectivity index (χ1v) is 9.82. The van der Waals surface area contributed by atoms with E-state index in [-0.39, 0.29) is 16.7 Å². The van der Waals surface area contributed by atoms with Gasteiger partial charge in [-0.1, -0.05) is 12.1 Å². The van der Waals surface area contributed by atoms with E-state index in [4.69, 9.17) is 4.98 Å². The Balaban J connectivity index is 1.73. The van der Waals surface area contributed by atoms with Crippen LogP contribution < -0.4 is 10.9 Å². The highest BCUT2D eigenvalue weighted by Crippen LogP contribution is 2.29. The van der Waals surface area contributed by atoms with Crippen molar-refractivity contribution in [1.82, 2.24) is 29.3 Å². The summed E-state index contributed by atoms with van der Waals surface area (Å²) in [5.41, 5.74) is 2.60. The highest BCUT2D eigenvalue weighted by Gasteiger charge is 2.22. The van der Waals surface area contributed by atoms with Crippen molar-refractivity contribution in [2.45, 2.75) is 19.9 Å². The topological polar surface area (TPSA) is 101 Å². The van der Waals surface area contributed by atoms with Crippen LogP contribution in [0.25, 0.3) is 27.9 Å².